The summed E-state index contributed by atoms with van der Waals surface area (Å²) in [6.07, 6.45) is 1.95. The third kappa shape index (κ3) is 4.10. The molecule has 0 bridgehead atoms. The Morgan fingerprint density at radius 3 is 2.59 bits per heavy atom. The van der Waals surface area contributed by atoms with Crippen molar-refractivity contribution in [1.82, 2.24) is 4.90 Å². The van der Waals surface area contributed by atoms with Gasteiger partial charge in [0, 0.05) is 23.8 Å². The van der Waals surface area contributed by atoms with Crippen LogP contribution in [0.2, 0.25) is 0 Å². The monoisotopic (exact) mass is 385 g/mol. The fraction of sp³-hybridized carbons (Fsp3) is 0.583. The van der Waals surface area contributed by atoms with Crippen LogP contribution in [0, 0.1) is 2.88 Å². The number of hydrogen-bond acceptors (Lipinski definition) is 2. The molecule has 1 aromatic rings. The Morgan fingerprint density at radius 2 is 2.18 bits per heavy atom. The van der Waals surface area contributed by atoms with Crippen molar-refractivity contribution in [2.45, 2.75) is 32.7 Å². The normalized spacial score (nSPS) is 10.9. The Hall–Kier alpha value is 0.190. The van der Waals surface area contributed by atoms with Gasteiger partial charge in [-0.2, -0.15) is 0 Å². The molecule has 0 aliphatic heterocycles. The van der Waals surface area contributed by atoms with Gasteiger partial charge >= 0.3 is 0 Å². The molecule has 1 amide bonds. The van der Waals surface area contributed by atoms with E-state index in [1.807, 2.05) is 16.3 Å². The average Bonchev–Trinajstić information content (AvgIpc) is 2.75. The highest BCUT2D eigenvalue weighted by atomic mass is 127. The zero-order chi connectivity index (χ0) is 12.8. The topological polar surface area (TPSA) is 20.3 Å². The van der Waals surface area contributed by atoms with Gasteiger partial charge in [-0.05, 0) is 41.5 Å². The van der Waals surface area contributed by atoms with Crippen molar-refractivity contribution in [3.63, 3.8) is 0 Å². The van der Waals surface area contributed by atoms with Gasteiger partial charge in [-0.25, -0.2) is 0 Å². The predicted octanol–water partition coefficient (Wildman–Crippen LogP) is 4.22. The molecule has 0 fully saturated rings. The largest absolute Gasteiger partial charge is 0.334 e. The smallest absolute Gasteiger partial charge is 0.255 e. The van der Waals surface area contributed by atoms with Crippen LogP contribution >= 0.6 is 45.5 Å². The molecule has 0 saturated carbocycles. The predicted molar refractivity (Wildman–Crippen MR) is 83.2 cm³/mol. The molecule has 1 rings (SSSR count). The van der Waals surface area contributed by atoms with Crippen molar-refractivity contribution in [3.05, 3.63) is 19.9 Å². The van der Waals surface area contributed by atoms with Gasteiger partial charge in [-0.15, -0.1) is 22.9 Å². The van der Waals surface area contributed by atoms with E-state index in [0.717, 1.165) is 21.3 Å². The number of halogens is 2. The maximum Gasteiger partial charge on any atom is 0.255 e. The van der Waals surface area contributed by atoms with Crippen molar-refractivity contribution >= 4 is 51.4 Å². The van der Waals surface area contributed by atoms with E-state index in [1.165, 1.54) is 0 Å². The fourth-order valence-corrected chi connectivity index (χ4v) is 3.36. The number of alkyl halides is 1. The van der Waals surface area contributed by atoms with Crippen molar-refractivity contribution in [2.75, 3.05) is 12.4 Å². The Bertz CT molecular complexity index is 365. The standard InChI is InChI=1S/C12H17ClINOS/c1-3-10(4-2)15(6-5-13)12(16)9-7-11(14)17-8-9/h7-8,10H,3-6H2,1-2H3. The van der Waals surface area contributed by atoms with Crippen LogP contribution in [-0.2, 0) is 0 Å². The second kappa shape index (κ2) is 7.59. The number of amides is 1. The summed E-state index contributed by atoms with van der Waals surface area (Å²) in [5.41, 5.74) is 0.788. The van der Waals surface area contributed by atoms with Crippen LogP contribution in [0.1, 0.15) is 37.0 Å². The Balaban J connectivity index is 2.86. The van der Waals surface area contributed by atoms with E-state index in [2.05, 4.69) is 36.4 Å². The van der Waals surface area contributed by atoms with E-state index in [9.17, 15) is 4.79 Å². The molecule has 96 valence electrons. The highest BCUT2D eigenvalue weighted by Crippen LogP contribution is 2.20. The van der Waals surface area contributed by atoms with Crippen molar-refractivity contribution in [1.29, 1.82) is 0 Å². The Labute approximate surface area is 125 Å². The molecule has 17 heavy (non-hydrogen) atoms. The van der Waals surface area contributed by atoms with Gasteiger partial charge in [-0.1, -0.05) is 13.8 Å². The first-order valence-corrected chi connectivity index (χ1v) is 8.24. The van der Waals surface area contributed by atoms with Gasteiger partial charge in [0.15, 0.2) is 0 Å². The van der Waals surface area contributed by atoms with Crippen molar-refractivity contribution in [2.24, 2.45) is 0 Å². The minimum Gasteiger partial charge on any atom is -0.334 e. The molecule has 2 nitrogen and oxygen atoms in total. The molecule has 0 aliphatic rings. The molecule has 0 saturated heterocycles. The van der Waals surface area contributed by atoms with E-state index in [0.29, 0.717) is 18.5 Å². The summed E-state index contributed by atoms with van der Waals surface area (Å²) in [5, 5.41) is 1.92. The maximum absolute atomic E-state index is 12.4. The average molecular weight is 386 g/mol. The molecule has 1 aromatic heterocycles. The first-order valence-electron chi connectivity index (χ1n) is 5.74. The van der Waals surface area contributed by atoms with Crippen LogP contribution in [0.3, 0.4) is 0 Å². The highest BCUT2D eigenvalue weighted by molar-refractivity contribution is 14.1. The molecular weight excluding hydrogens is 369 g/mol. The lowest BCUT2D eigenvalue weighted by molar-refractivity contribution is 0.0682. The number of rotatable bonds is 6. The molecule has 0 spiro atoms. The molecular formula is C12H17ClINOS. The second-order valence-electron chi connectivity index (χ2n) is 3.80. The fourth-order valence-electron chi connectivity index (χ4n) is 1.86. The summed E-state index contributed by atoms with van der Waals surface area (Å²) < 4.78 is 1.14. The summed E-state index contributed by atoms with van der Waals surface area (Å²) in [5.74, 6) is 0.599. The van der Waals surface area contributed by atoms with Gasteiger partial charge in [0.05, 0.1) is 8.45 Å². The Morgan fingerprint density at radius 1 is 1.53 bits per heavy atom. The summed E-state index contributed by atoms with van der Waals surface area (Å²) in [6.45, 7) is 4.85. The zero-order valence-electron chi connectivity index (χ0n) is 10.1. The van der Waals surface area contributed by atoms with Crippen LogP contribution in [0.5, 0.6) is 0 Å². The van der Waals surface area contributed by atoms with Gasteiger partial charge in [0.2, 0.25) is 0 Å². The van der Waals surface area contributed by atoms with Gasteiger partial charge in [-0.3, -0.25) is 4.79 Å². The maximum atomic E-state index is 12.4. The van der Waals surface area contributed by atoms with E-state index in [1.54, 1.807) is 11.3 Å². The number of thiophene rings is 1. The summed E-state index contributed by atoms with van der Waals surface area (Å²) in [6, 6.07) is 2.23. The summed E-state index contributed by atoms with van der Waals surface area (Å²) in [7, 11) is 0. The van der Waals surface area contributed by atoms with Gasteiger partial charge < -0.3 is 4.90 Å². The van der Waals surface area contributed by atoms with Gasteiger partial charge in [0.1, 0.15) is 0 Å². The lowest BCUT2D eigenvalue weighted by Crippen LogP contribution is -2.40. The third-order valence-corrected chi connectivity index (χ3v) is 4.74. The highest BCUT2D eigenvalue weighted by Gasteiger charge is 2.22. The Kier molecular flexibility index (Phi) is 6.80. The first kappa shape index (κ1) is 15.2. The minimum atomic E-state index is 0.110. The van der Waals surface area contributed by atoms with Crippen LogP contribution in [0.4, 0.5) is 0 Å². The van der Waals surface area contributed by atoms with E-state index in [-0.39, 0.29) is 5.91 Å². The summed E-state index contributed by atoms with van der Waals surface area (Å²) in [4.78, 5) is 14.3. The third-order valence-electron chi connectivity index (χ3n) is 2.78. The van der Waals surface area contributed by atoms with Crippen LogP contribution < -0.4 is 0 Å². The SMILES string of the molecule is CCC(CC)N(CCCl)C(=O)c1csc(I)c1. The minimum absolute atomic E-state index is 0.110. The lowest BCUT2D eigenvalue weighted by Gasteiger charge is -2.29. The van der Waals surface area contributed by atoms with Gasteiger partial charge in [0.25, 0.3) is 5.91 Å². The first-order chi connectivity index (χ1) is 8.13. The second-order valence-corrected chi connectivity index (χ2v) is 6.98. The molecule has 0 aromatic carbocycles. The number of nitrogens with zero attached hydrogens (tertiary/aromatic N) is 1. The zero-order valence-corrected chi connectivity index (χ0v) is 13.8. The molecule has 0 atom stereocenters. The molecule has 0 N–H and O–H groups in total. The molecule has 1 heterocycles. The van der Waals surface area contributed by atoms with E-state index < -0.39 is 0 Å². The van der Waals surface area contributed by atoms with E-state index >= 15 is 0 Å². The number of carbonyl (C=O) groups is 1. The molecule has 0 radical (unpaired) electrons. The lowest BCUT2D eigenvalue weighted by atomic mass is 10.1. The molecule has 0 aliphatic carbocycles. The number of carbonyl (C=O) groups excluding carboxylic acids is 1. The molecule has 0 unspecified atom stereocenters. The van der Waals surface area contributed by atoms with Crippen LogP contribution in [0.15, 0.2) is 11.4 Å². The quantitative estimate of drug-likeness (QED) is 0.530. The summed E-state index contributed by atoms with van der Waals surface area (Å²) >= 11 is 9.64. The number of hydrogen-bond donors (Lipinski definition) is 0. The molecule has 5 heteroatoms. The van der Waals surface area contributed by atoms with E-state index in [4.69, 9.17) is 11.6 Å². The van der Waals surface area contributed by atoms with Crippen molar-refractivity contribution < 1.29 is 4.79 Å². The van der Waals surface area contributed by atoms with Crippen LogP contribution in [-0.4, -0.2) is 29.3 Å². The van der Waals surface area contributed by atoms with Crippen molar-refractivity contribution in [3.8, 4) is 0 Å². The van der Waals surface area contributed by atoms with Crippen LogP contribution in [0.25, 0.3) is 0 Å².